The van der Waals surface area contributed by atoms with Crippen LogP contribution >= 0.6 is 0 Å². The number of pyridine rings is 1. The van der Waals surface area contributed by atoms with Gasteiger partial charge in [-0.2, -0.15) is 0 Å². The van der Waals surface area contributed by atoms with Gasteiger partial charge in [-0.1, -0.05) is 12.0 Å². The highest BCUT2D eigenvalue weighted by molar-refractivity contribution is 5.41. The Balaban J connectivity index is 2.89. The molecule has 0 aromatic carbocycles. The molecule has 3 heteroatoms. The van der Waals surface area contributed by atoms with Crippen LogP contribution in [0.5, 0.6) is 0 Å². The number of hydrogen-bond acceptors (Lipinski definition) is 3. The molecule has 13 heavy (non-hydrogen) atoms. The van der Waals surface area contributed by atoms with E-state index in [-0.39, 0.29) is 0 Å². The number of nitrogens with two attached hydrogens (primary N) is 1. The van der Waals surface area contributed by atoms with Crippen LogP contribution in [0, 0.1) is 18.8 Å². The summed E-state index contributed by atoms with van der Waals surface area (Å²) in [5, 5.41) is 2.94. The molecule has 1 aromatic rings. The predicted molar refractivity (Wildman–Crippen MR) is 54.2 cm³/mol. The van der Waals surface area contributed by atoms with Gasteiger partial charge in [0, 0.05) is 0 Å². The van der Waals surface area contributed by atoms with Crippen LogP contribution in [-0.2, 0) is 0 Å². The summed E-state index contributed by atoms with van der Waals surface area (Å²) in [6.45, 7) is 2.63. The van der Waals surface area contributed by atoms with Gasteiger partial charge in [0.1, 0.15) is 11.5 Å². The van der Waals surface area contributed by atoms with E-state index in [1.807, 2.05) is 20.0 Å². The van der Waals surface area contributed by atoms with Gasteiger partial charge in [-0.05, 0) is 31.5 Å². The van der Waals surface area contributed by atoms with E-state index in [2.05, 4.69) is 22.1 Å². The SMILES string of the molecule is CNCC#Cc1nc(N)ccc1C. The molecule has 0 atom stereocenters. The molecule has 0 amide bonds. The Kier molecular flexibility index (Phi) is 3.30. The van der Waals surface area contributed by atoms with Crippen LogP contribution in [0.15, 0.2) is 12.1 Å². The fourth-order valence-electron chi connectivity index (χ4n) is 0.887. The highest BCUT2D eigenvalue weighted by Gasteiger charge is 1.95. The lowest BCUT2D eigenvalue weighted by atomic mass is 10.2. The highest BCUT2D eigenvalue weighted by Crippen LogP contribution is 2.05. The Morgan fingerprint density at radius 3 is 3.00 bits per heavy atom. The first-order valence-corrected chi connectivity index (χ1v) is 4.10. The topological polar surface area (TPSA) is 50.9 Å². The first-order chi connectivity index (χ1) is 6.24. The van der Waals surface area contributed by atoms with Gasteiger partial charge in [0.25, 0.3) is 0 Å². The van der Waals surface area contributed by atoms with Crippen LogP contribution < -0.4 is 11.1 Å². The molecule has 0 radical (unpaired) electrons. The van der Waals surface area contributed by atoms with Gasteiger partial charge in [0.15, 0.2) is 0 Å². The second-order valence-electron chi connectivity index (χ2n) is 2.73. The van der Waals surface area contributed by atoms with Crippen LogP contribution in [0.2, 0.25) is 0 Å². The number of rotatable bonds is 1. The zero-order valence-corrected chi connectivity index (χ0v) is 7.89. The standard InChI is InChI=1S/C10H13N3/c1-8-5-6-10(11)13-9(8)4-3-7-12-2/h5-6,12H,7H2,1-2H3,(H2,11,13). The van der Waals surface area contributed by atoms with Gasteiger partial charge < -0.3 is 11.1 Å². The third kappa shape index (κ3) is 2.77. The molecule has 0 aliphatic carbocycles. The third-order valence-corrected chi connectivity index (χ3v) is 1.59. The minimum Gasteiger partial charge on any atom is -0.384 e. The number of nitrogens with one attached hydrogen (secondary N) is 1. The molecule has 1 aromatic heterocycles. The van der Waals surface area contributed by atoms with Gasteiger partial charge in [0.05, 0.1) is 6.54 Å². The van der Waals surface area contributed by atoms with Crippen molar-refractivity contribution in [3.8, 4) is 11.8 Å². The molecule has 0 aliphatic heterocycles. The van der Waals surface area contributed by atoms with Crippen molar-refractivity contribution in [2.45, 2.75) is 6.92 Å². The second-order valence-corrected chi connectivity index (χ2v) is 2.73. The van der Waals surface area contributed by atoms with Crippen LogP contribution in [0.25, 0.3) is 0 Å². The zero-order chi connectivity index (χ0) is 9.68. The molecule has 1 rings (SSSR count). The number of aryl methyl sites for hydroxylation is 1. The van der Waals surface area contributed by atoms with Gasteiger partial charge in [-0.15, -0.1) is 0 Å². The van der Waals surface area contributed by atoms with Crippen LogP contribution in [0.4, 0.5) is 5.82 Å². The Bertz CT molecular complexity index is 347. The van der Waals surface area contributed by atoms with Gasteiger partial charge in [-0.25, -0.2) is 4.98 Å². The van der Waals surface area contributed by atoms with E-state index in [0.29, 0.717) is 12.4 Å². The summed E-state index contributed by atoms with van der Waals surface area (Å²) in [4.78, 5) is 4.12. The zero-order valence-electron chi connectivity index (χ0n) is 7.89. The monoisotopic (exact) mass is 175 g/mol. The molecule has 0 fully saturated rings. The predicted octanol–water partition coefficient (Wildman–Crippen LogP) is 0.543. The molecule has 0 spiro atoms. The average molecular weight is 175 g/mol. The Labute approximate surface area is 78.4 Å². The number of anilines is 1. The first-order valence-electron chi connectivity index (χ1n) is 4.10. The molecule has 0 saturated heterocycles. The summed E-state index contributed by atoms with van der Waals surface area (Å²) in [6, 6.07) is 3.70. The molecule has 3 nitrogen and oxygen atoms in total. The van der Waals surface area contributed by atoms with Gasteiger partial charge in [-0.3, -0.25) is 0 Å². The molecule has 0 unspecified atom stereocenters. The minimum atomic E-state index is 0.513. The first kappa shape index (κ1) is 9.56. The highest BCUT2D eigenvalue weighted by atomic mass is 14.8. The maximum Gasteiger partial charge on any atom is 0.124 e. The molecule has 68 valence electrons. The smallest absolute Gasteiger partial charge is 0.124 e. The van der Waals surface area contributed by atoms with Crippen molar-refractivity contribution >= 4 is 5.82 Å². The van der Waals surface area contributed by atoms with Crippen molar-refractivity contribution in [1.82, 2.24) is 10.3 Å². The van der Waals surface area contributed by atoms with Crippen molar-refractivity contribution in [1.29, 1.82) is 0 Å². The fourth-order valence-corrected chi connectivity index (χ4v) is 0.887. The van der Waals surface area contributed by atoms with Gasteiger partial charge in [0.2, 0.25) is 0 Å². The number of aromatic nitrogens is 1. The molecule has 3 N–H and O–H groups in total. The lowest BCUT2D eigenvalue weighted by Gasteiger charge is -1.97. The lowest BCUT2D eigenvalue weighted by Crippen LogP contribution is -2.04. The minimum absolute atomic E-state index is 0.513. The van der Waals surface area contributed by atoms with Crippen molar-refractivity contribution < 1.29 is 0 Å². The summed E-state index contributed by atoms with van der Waals surface area (Å²) in [5.41, 5.74) is 7.35. The molecular formula is C10H13N3. The summed E-state index contributed by atoms with van der Waals surface area (Å²) in [7, 11) is 1.86. The summed E-state index contributed by atoms with van der Waals surface area (Å²) in [6.07, 6.45) is 0. The number of nitrogen functional groups attached to an aromatic ring is 1. The average Bonchev–Trinajstić information content (AvgIpc) is 2.11. The normalized spacial score (nSPS) is 9.08. The summed E-state index contributed by atoms with van der Waals surface area (Å²) in [5.74, 6) is 6.40. The van der Waals surface area contributed by atoms with Crippen molar-refractivity contribution in [3.63, 3.8) is 0 Å². The third-order valence-electron chi connectivity index (χ3n) is 1.59. The van der Waals surface area contributed by atoms with E-state index in [1.54, 1.807) is 6.07 Å². The largest absolute Gasteiger partial charge is 0.384 e. The van der Waals surface area contributed by atoms with Crippen LogP contribution in [0.1, 0.15) is 11.3 Å². The Morgan fingerprint density at radius 2 is 2.31 bits per heavy atom. The molecular weight excluding hydrogens is 162 g/mol. The maximum absolute atomic E-state index is 5.54. The summed E-state index contributed by atoms with van der Waals surface area (Å²) < 4.78 is 0. The molecule has 0 bridgehead atoms. The Hall–Kier alpha value is -1.53. The van der Waals surface area contributed by atoms with E-state index in [0.717, 1.165) is 11.3 Å². The van der Waals surface area contributed by atoms with E-state index in [4.69, 9.17) is 5.73 Å². The van der Waals surface area contributed by atoms with Crippen molar-refractivity contribution in [2.75, 3.05) is 19.3 Å². The fraction of sp³-hybridized carbons (Fsp3) is 0.300. The number of nitrogens with zero attached hydrogens (tertiary/aromatic N) is 1. The van der Waals surface area contributed by atoms with E-state index in [9.17, 15) is 0 Å². The van der Waals surface area contributed by atoms with E-state index < -0.39 is 0 Å². The Morgan fingerprint density at radius 1 is 1.54 bits per heavy atom. The van der Waals surface area contributed by atoms with Gasteiger partial charge >= 0.3 is 0 Å². The van der Waals surface area contributed by atoms with Crippen LogP contribution in [-0.4, -0.2) is 18.6 Å². The quantitative estimate of drug-likeness (QED) is 0.613. The molecule has 0 aliphatic rings. The van der Waals surface area contributed by atoms with E-state index >= 15 is 0 Å². The summed E-state index contributed by atoms with van der Waals surface area (Å²) >= 11 is 0. The number of hydrogen-bond donors (Lipinski definition) is 2. The van der Waals surface area contributed by atoms with E-state index in [1.165, 1.54) is 0 Å². The maximum atomic E-state index is 5.54. The lowest BCUT2D eigenvalue weighted by molar-refractivity contribution is 0.938. The molecule has 0 saturated carbocycles. The van der Waals surface area contributed by atoms with Crippen LogP contribution in [0.3, 0.4) is 0 Å². The molecule has 1 heterocycles. The second kappa shape index (κ2) is 4.48. The van der Waals surface area contributed by atoms with Crippen molar-refractivity contribution in [3.05, 3.63) is 23.4 Å². The van der Waals surface area contributed by atoms with Crippen molar-refractivity contribution in [2.24, 2.45) is 0 Å².